The summed E-state index contributed by atoms with van der Waals surface area (Å²) in [5.74, 6) is -0.660. The monoisotopic (exact) mass is 352 g/mol. The number of nitrogens with zero attached hydrogens (tertiary/aromatic N) is 4. The van der Waals surface area contributed by atoms with Gasteiger partial charge in [0, 0.05) is 25.0 Å². The lowest BCUT2D eigenvalue weighted by Gasteiger charge is -2.23. The largest absolute Gasteiger partial charge is 0.334 e. The van der Waals surface area contributed by atoms with Gasteiger partial charge in [0.25, 0.3) is 5.56 Å². The lowest BCUT2D eigenvalue weighted by molar-refractivity contribution is -0.133. The maximum absolute atomic E-state index is 13.4. The summed E-state index contributed by atoms with van der Waals surface area (Å²) >= 11 is 0. The van der Waals surface area contributed by atoms with Crippen molar-refractivity contribution in [3.63, 3.8) is 0 Å². The predicted octanol–water partition coefficient (Wildman–Crippen LogP) is 2.12. The van der Waals surface area contributed by atoms with Crippen LogP contribution in [0.1, 0.15) is 18.4 Å². The summed E-state index contributed by atoms with van der Waals surface area (Å²) in [6.45, 7) is 0.344. The molecule has 0 spiro atoms. The van der Waals surface area contributed by atoms with Crippen LogP contribution in [-0.4, -0.2) is 31.4 Å². The minimum atomic E-state index is -0.503. The highest BCUT2D eigenvalue weighted by Gasteiger charge is 2.32. The molecule has 0 unspecified atom stereocenters. The highest BCUT2D eigenvalue weighted by atomic mass is 19.1. The fourth-order valence-corrected chi connectivity index (χ4v) is 2.98. The number of carbonyl (C=O) groups is 1. The standard InChI is InChI=1S/C19H17FN4O2/c20-14-3-6-17-16(8-14)19(26)23(12-22-17)11-18(25)24(15-4-5-15)10-13-2-1-7-21-9-13/h1-3,6-9,12,15H,4-5,10-11H2. The van der Waals surface area contributed by atoms with Gasteiger partial charge in [-0.3, -0.25) is 19.1 Å². The number of halogens is 1. The molecule has 0 saturated heterocycles. The number of amides is 1. The summed E-state index contributed by atoms with van der Waals surface area (Å²) < 4.78 is 14.7. The number of hydrogen-bond acceptors (Lipinski definition) is 4. The molecular formula is C19H17FN4O2. The number of hydrogen-bond donors (Lipinski definition) is 0. The Hall–Kier alpha value is -3.09. The van der Waals surface area contributed by atoms with E-state index in [2.05, 4.69) is 9.97 Å². The Kier molecular flexibility index (Phi) is 4.20. The molecule has 0 N–H and O–H groups in total. The smallest absolute Gasteiger partial charge is 0.261 e. The summed E-state index contributed by atoms with van der Waals surface area (Å²) in [5, 5.41) is 0.172. The zero-order valence-electron chi connectivity index (χ0n) is 14.0. The number of carbonyl (C=O) groups excluding carboxylic acids is 1. The van der Waals surface area contributed by atoms with E-state index in [-0.39, 0.29) is 23.9 Å². The van der Waals surface area contributed by atoms with Crippen molar-refractivity contribution in [1.82, 2.24) is 19.4 Å². The molecule has 2 heterocycles. The van der Waals surface area contributed by atoms with Gasteiger partial charge < -0.3 is 4.90 Å². The molecule has 1 saturated carbocycles. The van der Waals surface area contributed by atoms with Crippen molar-refractivity contribution >= 4 is 16.8 Å². The summed E-state index contributed by atoms with van der Waals surface area (Å²) in [7, 11) is 0. The van der Waals surface area contributed by atoms with Gasteiger partial charge in [-0.15, -0.1) is 0 Å². The Morgan fingerprint density at radius 2 is 2.15 bits per heavy atom. The van der Waals surface area contributed by atoms with Crippen molar-refractivity contribution in [3.8, 4) is 0 Å². The second-order valence-corrected chi connectivity index (χ2v) is 6.45. The molecule has 3 aromatic rings. The van der Waals surface area contributed by atoms with Gasteiger partial charge >= 0.3 is 0 Å². The number of fused-ring (bicyclic) bond motifs is 1. The zero-order chi connectivity index (χ0) is 18.1. The normalized spacial score (nSPS) is 13.7. The lowest BCUT2D eigenvalue weighted by atomic mass is 10.2. The van der Waals surface area contributed by atoms with Crippen LogP contribution in [0.5, 0.6) is 0 Å². The Balaban J connectivity index is 1.59. The van der Waals surface area contributed by atoms with Gasteiger partial charge in [0.2, 0.25) is 5.91 Å². The second-order valence-electron chi connectivity index (χ2n) is 6.45. The van der Waals surface area contributed by atoms with E-state index in [1.807, 2.05) is 12.1 Å². The first kappa shape index (κ1) is 16.4. The quantitative estimate of drug-likeness (QED) is 0.705. The van der Waals surface area contributed by atoms with Crippen LogP contribution in [0.4, 0.5) is 4.39 Å². The summed E-state index contributed by atoms with van der Waals surface area (Å²) in [6.07, 6.45) is 6.68. The first-order valence-electron chi connectivity index (χ1n) is 8.45. The molecule has 1 aliphatic carbocycles. The summed E-state index contributed by atoms with van der Waals surface area (Å²) in [6, 6.07) is 7.81. The number of pyridine rings is 1. The van der Waals surface area contributed by atoms with Crippen molar-refractivity contribution in [2.75, 3.05) is 0 Å². The Morgan fingerprint density at radius 3 is 2.88 bits per heavy atom. The molecule has 26 heavy (non-hydrogen) atoms. The third-order valence-electron chi connectivity index (χ3n) is 4.48. The molecule has 1 amide bonds. The topological polar surface area (TPSA) is 68.1 Å². The first-order valence-corrected chi connectivity index (χ1v) is 8.45. The third kappa shape index (κ3) is 3.33. The fraction of sp³-hybridized carbons (Fsp3) is 0.263. The van der Waals surface area contributed by atoms with E-state index in [4.69, 9.17) is 0 Å². The van der Waals surface area contributed by atoms with Crippen LogP contribution in [0, 0.1) is 5.82 Å². The highest BCUT2D eigenvalue weighted by Crippen LogP contribution is 2.28. The maximum Gasteiger partial charge on any atom is 0.261 e. The van der Waals surface area contributed by atoms with Crippen molar-refractivity contribution in [1.29, 1.82) is 0 Å². The zero-order valence-corrected chi connectivity index (χ0v) is 14.0. The van der Waals surface area contributed by atoms with Crippen LogP contribution in [0.2, 0.25) is 0 Å². The summed E-state index contributed by atoms with van der Waals surface area (Å²) in [5.41, 5.74) is 0.938. The molecule has 0 atom stereocenters. The van der Waals surface area contributed by atoms with E-state index in [1.165, 1.54) is 23.0 Å². The van der Waals surface area contributed by atoms with E-state index in [1.54, 1.807) is 17.3 Å². The number of rotatable bonds is 5. The van der Waals surface area contributed by atoms with E-state index in [0.717, 1.165) is 24.5 Å². The van der Waals surface area contributed by atoms with Gasteiger partial charge in [-0.2, -0.15) is 0 Å². The average molecular weight is 352 g/mol. The van der Waals surface area contributed by atoms with Crippen LogP contribution in [0.25, 0.3) is 10.9 Å². The van der Waals surface area contributed by atoms with Gasteiger partial charge in [0.05, 0.1) is 17.2 Å². The highest BCUT2D eigenvalue weighted by molar-refractivity contribution is 5.79. The fourth-order valence-electron chi connectivity index (χ4n) is 2.98. The molecule has 7 heteroatoms. The van der Waals surface area contributed by atoms with Crippen LogP contribution < -0.4 is 5.56 Å². The lowest BCUT2D eigenvalue weighted by Crippen LogP contribution is -2.37. The Labute approximate surface area is 148 Å². The Morgan fingerprint density at radius 1 is 1.31 bits per heavy atom. The van der Waals surface area contributed by atoms with Gasteiger partial charge in [-0.25, -0.2) is 9.37 Å². The average Bonchev–Trinajstić information content (AvgIpc) is 3.48. The van der Waals surface area contributed by atoms with E-state index < -0.39 is 11.4 Å². The second kappa shape index (κ2) is 6.67. The van der Waals surface area contributed by atoms with E-state index in [9.17, 15) is 14.0 Å². The van der Waals surface area contributed by atoms with Crippen molar-refractivity contribution in [2.24, 2.45) is 0 Å². The molecule has 4 rings (SSSR count). The maximum atomic E-state index is 13.4. The molecular weight excluding hydrogens is 335 g/mol. The van der Waals surface area contributed by atoms with Crippen LogP contribution in [0.15, 0.2) is 53.8 Å². The van der Waals surface area contributed by atoms with Gasteiger partial charge in [-0.05, 0) is 42.7 Å². The van der Waals surface area contributed by atoms with E-state index >= 15 is 0 Å². The minimum absolute atomic E-state index is 0.116. The van der Waals surface area contributed by atoms with Gasteiger partial charge in [-0.1, -0.05) is 6.07 Å². The molecule has 1 aromatic carbocycles. The molecule has 6 nitrogen and oxygen atoms in total. The molecule has 1 aliphatic rings. The molecule has 2 aromatic heterocycles. The summed E-state index contributed by atoms with van der Waals surface area (Å²) in [4.78, 5) is 35.4. The van der Waals surface area contributed by atoms with Gasteiger partial charge in [0.15, 0.2) is 0 Å². The van der Waals surface area contributed by atoms with Crippen molar-refractivity contribution < 1.29 is 9.18 Å². The number of aromatic nitrogens is 3. The first-order chi connectivity index (χ1) is 12.6. The molecule has 1 fully saturated rings. The SMILES string of the molecule is O=C(Cn1cnc2ccc(F)cc2c1=O)N(Cc1cccnc1)C1CC1. The predicted molar refractivity (Wildman–Crippen MR) is 93.8 cm³/mol. The van der Waals surface area contributed by atoms with Crippen LogP contribution in [-0.2, 0) is 17.9 Å². The molecule has 0 radical (unpaired) electrons. The molecule has 132 valence electrons. The third-order valence-corrected chi connectivity index (χ3v) is 4.48. The van der Waals surface area contributed by atoms with Crippen molar-refractivity contribution in [2.45, 2.75) is 32.0 Å². The minimum Gasteiger partial charge on any atom is -0.334 e. The van der Waals surface area contributed by atoms with Crippen LogP contribution in [0.3, 0.4) is 0 Å². The van der Waals surface area contributed by atoms with Gasteiger partial charge in [0.1, 0.15) is 12.4 Å². The van der Waals surface area contributed by atoms with Crippen molar-refractivity contribution in [3.05, 3.63) is 70.8 Å². The number of benzene rings is 1. The van der Waals surface area contributed by atoms with E-state index in [0.29, 0.717) is 12.1 Å². The Bertz CT molecular complexity index is 1010. The molecule has 0 bridgehead atoms. The van der Waals surface area contributed by atoms with Crippen LogP contribution >= 0.6 is 0 Å². The molecule has 0 aliphatic heterocycles.